The maximum atomic E-state index is 12.6. The second-order valence-corrected chi connectivity index (χ2v) is 8.01. The van der Waals surface area contributed by atoms with Crippen LogP contribution in [0.15, 0.2) is 55.0 Å². The minimum atomic E-state index is -0.668. The molecule has 1 aromatic carbocycles. The fourth-order valence-electron chi connectivity index (χ4n) is 3.24. The van der Waals surface area contributed by atoms with Crippen LogP contribution in [0, 0.1) is 6.92 Å². The summed E-state index contributed by atoms with van der Waals surface area (Å²) in [6.45, 7) is 3.21. The minimum absolute atomic E-state index is 0.205. The Labute approximate surface area is 193 Å². The molecule has 0 fully saturated rings. The van der Waals surface area contributed by atoms with Crippen molar-refractivity contribution in [1.29, 1.82) is 0 Å². The van der Waals surface area contributed by atoms with Crippen molar-refractivity contribution in [3.05, 3.63) is 71.7 Å². The molecule has 0 atom stereocenters. The standard InChI is InChI=1S/C23H20N4O5S/c1-3-31-23(30)19-14(2)20(15-7-5-4-6-8-15)33-21(19)25-18(28)12-32-22(29)16-9-10-17-26-24-13-27(17)11-16/h4-11,13H,3,12H2,1-2H3,(H,25,28). The molecule has 0 spiro atoms. The van der Waals surface area contributed by atoms with Gasteiger partial charge in [-0.05, 0) is 37.1 Å². The van der Waals surface area contributed by atoms with Crippen LogP contribution in [-0.2, 0) is 14.3 Å². The number of nitrogens with one attached hydrogen (secondary N) is 1. The van der Waals surface area contributed by atoms with Crippen LogP contribution in [0.5, 0.6) is 0 Å². The molecule has 0 aliphatic carbocycles. The number of hydrogen-bond donors (Lipinski definition) is 1. The Bertz CT molecular complexity index is 1330. The molecule has 10 heteroatoms. The molecule has 0 saturated heterocycles. The van der Waals surface area contributed by atoms with E-state index in [0.29, 0.717) is 21.8 Å². The van der Waals surface area contributed by atoms with E-state index in [4.69, 9.17) is 9.47 Å². The monoisotopic (exact) mass is 464 g/mol. The lowest BCUT2D eigenvalue weighted by Gasteiger charge is -2.08. The van der Waals surface area contributed by atoms with Gasteiger partial charge < -0.3 is 14.8 Å². The maximum absolute atomic E-state index is 12.6. The molecule has 33 heavy (non-hydrogen) atoms. The van der Waals surface area contributed by atoms with Crippen molar-refractivity contribution >= 4 is 39.8 Å². The van der Waals surface area contributed by atoms with Crippen molar-refractivity contribution in [3.63, 3.8) is 0 Å². The van der Waals surface area contributed by atoms with Crippen LogP contribution < -0.4 is 5.32 Å². The molecular weight excluding hydrogens is 444 g/mol. The van der Waals surface area contributed by atoms with Gasteiger partial charge in [-0.3, -0.25) is 9.20 Å². The molecule has 0 aliphatic rings. The van der Waals surface area contributed by atoms with E-state index in [-0.39, 0.29) is 12.2 Å². The Hall–Kier alpha value is -4.05. The summed E-state index contributed by atoms with van der Waals surface area (Å²) in [4.78, 5) is 38.3. The molecule has 0 saturated carbocycles. The summed E-state index contributed by atoms with van der Waals surface area (Å²) in [5.74, 6) is -1.76. The average Bonchev–Trinajstić information content (AvgIpc) is 3.41. The summed E-state index contributed by atoms with van der Waals surface area (Å²) in [6, 6.07) is 12.7. The van der Waals surface area contributed by atoms with E-state index in [2.05, 4.69) is 15.5 Å². The van der Waals surface area contributed by atoms with Gasteiger partial charge in [0, 0.05) is 11.1 Å². The first kappa shape index (κ1) is 22.2. The molecule has 9 nitrogen and oxygen atoms in total. The number of pyridine rings is 1. The fourth-order valence-corrected chi connectivity index (χ4v) is 4.46. The molecule has 0 aliphatic heterocycles. The number of carbonyl (C=O) groups is 3. The molecule has 168 valence electrons. The fraction of sp³-hybridized carbons (Fsp3) is 0.174. The molecule has 0 radical (unpaired) electrons. The second-order valence-electron chi connectivity index (χ2n) is 6.99. The Morgan fingerprint density at radius 1 is 1.06 bits per heavy atom. The highest BCUT2D eigenvalue weighted by Crippen LogP contribution is 2.40. The van der Waals surface area contributed by atoms with Gasteiger partial charge in [0.25, 0.3) is 5.91 Å². The van der Waals surface area contributed by atoms with E-state index in [1.54, 1.807) is 17.4 Å². The first-order chi connectivity index (χ1) is 16.0. The van der Waals surface area contributed by atoms with Crippen LogP contribution in [0.25, 0.3) is 16.1 Å². The van der Waals surface area contributed by atoms with Gasteiger partial charge in [0.05, 0.1) is 17.7 Å². The van der Waals surface area contributed by atoms with Crippen LogP contribution in [0.2, 0.25) is 0 Å². The number of carbonyl (C=O) groups excluding carboxylic acids is 3. The first-order valence-corrected chi connectivity index (χ1v) is 10.9. The molecular formula is C23H20N4O5S. The van der Waals surface area contributed by atoms with E-state index in [1.165, 1.54) is 29.9 Å². The largest absolute Gasteiger partial charge is 0.462 e. The lowest BCUT2D eigenvalue weighted by molar-refractivity contribution is -0.119. The third-order valence-corrected chi connectivity index (χ3v) is 6.03. The van der Waals surface area contributed by atoms with Gasteiger partial charge in [0.15, 0.2) is 12.3 Å². The Morgan fingerprint density at radius 3 is 2.61 bits per heavy atom. The van der Waals surface area contributed by atoms with E-state index in [0.717, 1.165) is 10.4 Å². The number of nitrogens with zero attached hydrogens (tertiary/aromatic N) is 3. The van der Waals surface area contributed by atoms with Gasteiger partial charge >= 0.3 is 11.9 Å². The van der Waals surface area contributed by atoms with Gasteiger partial charge in [-0.2, -0.15) is 0 Å². The summed E-state index contributed by atoms with van der Waals surface area (Å²) in [5.41, 5.74) is 2.75. The molecule has 0 bridgehead atoms. The van der Waals surface area contributed by atoms with Gasteiger partial charge in [0.1, 0.15) is 11.3 Å². The number of anilines is 1. The van der Waals surface area contributed by atoms with Gasteiger partial charge in [-0.25, -0.2) is 9.59 Å². The Kier molecular flexibility index (Phi) is 6.45. The highest BCUT2D eigenvalue weighted by Gasteiger charge is 2.24. The van der Waals surface area contributed by atoms with Crippen molar-refractivity contribution in [3.8, 4) is 10.4 Å². The number of hydrogen-bond acceptors (Lipinski definition) is 8. The summed E-state index contributed by atoms with van der Waals surface area (Å²) < 4.78 is 11.9. The molecule has 4 rings (SSSR count). The Morgan fingerprint density at radius 2 is 1.85 bits per heavy atom. The van der Waals surface area contributed by atoms with E-state index < -0.39 is 24.5 Å². The van der Waals surface area contributed by atoms with E-state index in [9.17, 15) is 14.4 Å². The molecule has 3 heterocycles. The highest BCUT2D eigenvalue weighted by molar-refractivity contribution is 7.20. The average molecular weight is 465 g/mol. The van der Waals surface area contributed by atoms with Crippen molar-refractivity contribution in [2.75, 3.05) is 18.5 Å². The topological polar surface area (TPSA) is 112 Å². The normalized spacial score (nSPS) is 10.7. The van der Waals surface area contributed by atoms with Crippen molar-refractivity contribution in [2.24, 2.45) is 0 Å². The number of aromatic nitrogens is 3. The maximum Gasteiger partial charge on any atom is 0.341 e. The van der Waals surface area contributed by atoms with Crippen LogP contribution in [-0.4, -0.2) is 45.7 Å². The highest BCUT2D eigenvalue weighted by atomic mass is 32.1. The summed E-state index contributed by atoms with van der Waals surface area (Å²) in [7, 11) is 0. The molecule has 4 aromatic rings. The SMILES string of the molecule is CCOC(=O)c1c(NC(=O)COC(=O)c2ccc3nncn3c2)sc(-c2ccccc2)c1C. The minimum Gasteiger partial charge on any atom is -0.462 e. The third-order valence-electron chi connectivity index (χ3n) is 4.78. The predicted octanol–water partition coefficient (Wildman–Crippen LogP) is 3.74. The van der Waals surface area contributed by atoms with Crippen molar-refractivity contribution < 1.29 is 23.9 Å². The van der Waals surface area contributed by atoms with Gasteiger partial charge in [-0.15, -0.1) is 21.5 Å². The Balaban J connectivity index is 1.50. The van der Waals surface area contributed by atoms with Gasteiger partial charge in [0.2, 0.25) is 0 Å². The van der Waals surface area contributed by atoms with Crippen molar-refractivity contribution in [2.45, 2.75) is 13.8 Å². The predicted molar refractivity (Wildman–Crippen MR) is 122 cm³/mol. The van der Waals surface area contributed by atoms with Crippen LogP contribution >= 0.6 is 11.3 Å². The number of ether oxygens (including phenoxy) is 2. The van der Waals surface area contributed by atoms with E-state index in [1.807, 2.05) is 37.3 Å². The first-order valence-electron chi connectivity index (χ1n) is 10.1. The second kappa shape index (κ2) is 9.61. The zero-order chi connectivity index (χ0) is 23.4. The van der Waals surface area contributed by atoms with E-state index >= 15 is 0 Å². The third kappa shape index (κ3) is 4.75. The van der Waals surface area contributed by atoms with Crippen LogP contribution in [0.4, 0.5) is 5.00 Å². The molecule has 0 unspecified atom stereocenters. The molecule has 1 amide bonds. The summed E-state index contributed by atoms with van der Waals surface area (Å²) >= 11 is 1.26. The summed E-state index contributed by atoms with van der Waals surface area (Å²) in [5, 5.41) is 10.6. The van der Waals surface area contributed by atoms with Crippen LogP contribution in [0.1, 0.15) is 33.2 Å². The number of amides is 1. The smallest absolute Gasteiger partial charge is 0.341 e. The summed E-state index contributed by atoms with van der Waals surface area (Å²) in [6.07, 6.45) is 2.97. The lowest BCUT2D eigenvalue weighted by Crippen LogP contribution is -2.22. The van der Waals surface area contributed by atoms with Crippen molar-refractivity contribution in [1.82, 2.24) is 14.6 Å². The quantitative estimate of drug-likeness (QED) is 0.415. The number of thiophene rings is 1. The number of esters is 2. The lowest BCUT2D eigenvalue weighted by atomic mass is 10.1. The van der Waals surface area contributed by atoms with Gasteiger partial charge in [-0.1, -0.05) is 30.3 Å². The zero-order valence-corrected chi connectivity index (χ0v) is 18.7. The number of benzene rings is 1. The number of rotatable bonds is 7. The van der Waals surface area contributed by atoms with Crippen LogP contribution in [0.3, 0.4) is 0 Å². The number of fused-ring (bicyclic) bond motifs is 1. The zero-order valence-electron chi connectivity index (χ0n) is 17.9. The molecule has 3 aromatic heterocycles. The molecule has 1 N–H and O–H groups in total.